The molecule has 5 nitrogen and oxygen atoms in total. The Morgan fingerprint density at radius 1 is 0.957 bits per heavy atom. The number of rotatable bonds is 2. The zero-order valence-electron chi connectivity index (χ0n) is 13.5. The van der Waals surface area contributed by atoms with Gasteiger partial charge in [0.2, 0.25) is 0 Å². The van der Waals surface area contributed by atoms with Crippen molar-refractivity contribution in [3.63, 3.8) is 0 Å². The summed E-state index contributed by atoms with van der Waals surface area (Å²) in [7, 11) is 2.71. The minimum absolute atomic E-state index is 0.236. The maximum Gasteiger partial charge on any atom is 0.312 e. The molecular formula is C18H22O5. The summed E-state index contributed by atoms with van der Waals surface area (Å²) in [5.74, 6) is -1.37. The van der Waals surface area contributed by atoms with Gasteiger partial charge in [0.1, 0.15) is 0 Å². The molecule has 2 heterocycles. The van der Waals surface area contributed by atoms with Crippen LogP contribution >= 0.6 is 0 Å². The van der Waals surface area contributed by atoms with Crippen LogP contribution in [-0.4, -0.2) is 38.4 Å². The molecule has 2 saturated heterocycles. The third kappa shape index (κ3) is 2.18. The molecule has 0 unspecified atom stereocenters. The number of hydrogen-bond donors (Lipinski definition) is 0. The van der Waals surface area contributed by atoms with Crippen molar-refractivity contribution in [2.24, 2.45) is 23.7 Å². The fourth-order valence-corrected chi connectivity index (χ4v) is 4.75. The van der Waals surface area contributed by atoms with Crippen molar-refractivity contribution in [1.82, 2.24) is 0 Å². The lowest BCUT2D eigenvalue weighted by atomic mass is 9.79. The van der Waals surface area contributed by atoms with Crippen LogP contribution in [0, 0.1) is 23.7 Å². The lowest BCUT2D eigenvalue weighted by Crippen LogP contribution is -2.40. The van der Waals surface area contributed by atoms with Crippen molar-refractivity contribution < 1.29 is 23.8 Å². The average Bonchev–Trinajstić information content (AvgIpc) is 2.99. The largest absolute Gasteiger partial charge is 0.469 e. The predicted molar refractivity (Wildman–Crippen MR) is 80.3 cm³/mol. The Hall–Kier alpha value is -1.58. The Morgan fingerprint density at radius 3 is 1.96 bits per heavy atom. The van der Waals surface area contributed by atoms with Crippen LogP contribution in [0.15, 0.2) is 16.9 Å². The topological polar surface area (TPSA) is 61.8 Å². The van der Waals surface area contributed by atoms with E-state index in [1.807, 2.05) is 0 Å². The molecule has 0 N–H and O–H groups in total. The number of fused-ring (bicyclic) bond motifs is 5. The minimum Gasteiger partial charge on any atom is -0.469 e. The van der Waals surface area contributed by atoms with Crippen LogP contribution < -0.4 is 0 Å². The van der Waals surface area contributed by atoms with E-state index in [1.54, 1.807) is 0 Å². The molecule has 124 valence electrons. The quantitative estimate of drug-likeness (QED) is 0.576. The molecule has 0 aromatic carbocycles. The first-order valence-corrected chi connectivity index (χ1v) is 8.47. The molecule has 0 aromatic heterocycles. The van der Waals surface area contributed by atoms with Crippen LogP contribution in [0.5, 0.6) is 0 Å². The van der Waals surface area contributed by atoms with Gasteiger partial charge in [-0.25, -0.2) is 0 Å². The Labute approximate surface area is 135 Å². The van der Waals surface area contributed by atoms with Crippen LogP contribution in [0.1, 0.15) is 32.1 Å². The lowest BCUT2D eigenvalue weighted by Gasteiger charge is -2.22. The minimum atomic E-state index is -0.547. The predicted octanol–water partition coefficient (Wildman–Crippen LogP) is 2.01. The fourth-order valence-electron chi connectivity index (χ4n) is 4.75. The van der Waals surface area contributed by atoms with Crippen LogP contribution in [0.25, 0.3) is 0 Å². The Balaban J connectivity index is 1.64. The molecule has 2 bridgehead atoms. The standard InChI is InChI=1S/C18H22O5/c1-21-17(19)13-14(18(20)22-2)16-12-10(11(12)15(13)23-16)8-9-6-4-3-5-7-9/h11-16H,3-7H2,1-2H3/t11-,12+,13+,14-,15-,16+. The third-order valence-electron chi connectivity index (χ3n) is 5.84. The van der Waals surface area contributed by atoms with Gasteiger partial charge in [-0.3, -0.25) is 9.59 Å². The SMILES string of the molecule is COC(=O)[C@@H]1[C@@H]2O[C@@H]([C@H]3C(=C=C4CCCCC4)[C@@H]23)[C@@H]1C(=O)OC. The highest BCUT2D eigenvalue weighted by Crippen LogP contribution is 2.66. The highest BCUT2D eigenvalue weighted by molar-refractivity contribution is 5.85. The van der Waals surface area contributed by atoms with E-state index in [4.69, 9.17) is 14.2 Å². The van der Waals surface area contributed by atoms with E-state index >= 15 is 0 Å². The van der Waals surface area contributed by atoms with E-state index in [1.165, 1.54) is 44.6 Å². The Kier molecular flexibility index (Phi) is 3.58. The first-order chi connectivity index (χ1) is 11.2. The molecule has 0 radical (unpaired) electrons. The highest BCUT2D eigenvalue weighted by atomic mass is 16.6. The number of esters is 2. The lowest BCUT2D eigenvalue weighted by molar-refractivity contribution is -0.158. The molecule has 23 heavy (non-hydrogen) atoms. The highest BCUT2D eigenvalue weighted by Gasteiger charge is 2.73. The molecule has 2 saturated carbocycles. The van der Waals surface area contributed by atoms with Crippen LogP contribution in [0.3, 0.4) is 0 Å². The number of methoxy groups -OCH3 is 2. The average molecular weight is 318 g/mol. The third-order valence-corrected chi connectivity index (χ3v) is 5.84. The summed E-state index contributed by atoms with van der Waals surface area (Å²) in [4.78, 5) is 24.3. The van der Waals surface area contributed by atoms with Gasteiger partial charge in [0, 0.05) is 11.8 Å². The Bertz CT molecular complexity index is 571. The van der Waals surface area contributed by atoms with Crippen molar-refractivity contribution in [2.75, 3.05) is 14.2 Å². The molecule has 4 fully saturated rings. The molecular weight excluding hydrogens is 296 g/mol. The maximum absolute atomic E-state index is 12.2. The summed E-state index contributed by atoms with van der Waals surface area (Å²) >= 11 is 0. The normalized spacial score (nSPS) is 40.4. The van der Waals surface area contributed by atoms with Crippen LogP contribution in [-0.2, 0) is 23.8 Å². The smallest absolute Gasteiger partial charge is 0.312 e. The number of carbonyl (C=O) groups is 2. The van der Waals surface area contributed by atoms with Gasteiger partial charge < -0.3 is 14.2 Å². The summed E-state index contributed by atoms with van der Waals surface area (Å²) in [6.07, 6.45) is 5.52. The van der Waals surface area contributed by atoms with E-state index in [0.29, 0.717) is 0 Å². The monoisotopic (exact) mass is 318 g/mol. The van der Waals surface area contributed by atoms with Gasteiger partial charge in [-0.15, -0.1) is 5.73 Å². The van der Waals surface area contributed by atoms with Gasteiger partial charge in [-0.1, -0.05) is 6.42 Å². The van der Waals surface area contributed by atoms with Crippen molar-refractivity contribution >= 4 is 11.9 Å². The van der Waals surface area contributed by atoms with Crippen molar-refractivity contribution in [1.29, 1.82) is 0 Å². The first-order valence-electron chi connectivity index (χ1n) is 8.47. The van der Waals surface area contributed by atoms with E-state index in [0.717, 1.165) is 12.8 Å². The van der Waals surface area contributed by atoms with E-state index in [-0.39, 0.29) is 36.0 Å². The van der Waals surface area contributed by atoms with Crippen molar-refractivity contribution in [3.8, 4) is 0 Å². The van der Waals surface area contributed by atoms with Gasteiger partial charge in [-0.2, -0.15) is 0 Å². The zero-order valence-corrected chi connectivity index (χ0v) is 13.5. The Morgan fingerprint density at radius 2 is 1.48 bits per heavy atom. The second-order valence-corrected chi connectivity index (χ2v) is 6.96. The molecule has 4 aliphatic rings. The van der Waals surface area contributed by atoms with Crippen molar-refractivity contribution in [2.45, 2.75) is 44.3 Å². The van der Waals surface area contributed by atoms with Gasteiger partial charge >= 0.3 is 11.9 Å². The molecule has 0 amide bonds. The molecule has 0 aromatic rings. The number of ether oxygens (including phenoxy) is 3. The zero-order chi connectivity index (χ0) is 16.1. The second-order valence-electron chi connectivity index (χ2n) is 6.96. The van der Waals surface area contributed by atoms with Crippen LogP contribution in [0.2, 0.25) is 0 Å². The summed E-state index contributed by atoms with van der Waals surface area (Å²) in [5, 5.41) is 0. The van der Waals surface area contributed by atoms with Gasteiger partial charge in [0.25, 0.3) is 0 Å². The van der Waals surface area contributed by atoms with Crippen LogP contribution in [0.4, 0.5) is 0 Å². The number of carbonyl (C=O) groups excluding carboxylic acids is 2. The molecule has 2 aliphatic carbocycles. The first kappa shape index (κ1) is 15.0. The molecule has 2 aliphatic heterocycles. The van der Waals surface area contributed by atoms with Gasteiger partial charge in [0.15, 0.2) is 0 Å². The van der Waals surface area contributed by atoms with E-state index in [2.05, 4.69) is 5.73 Å². The summed E-state index contributed by atoms with van der Waals surface area (Å²) in [5.41, 5.74) is 6.25. The number of hydrogen-bond acceptors (Lipinski definition) is 5. The molecule has 5 heteroatoms. The van der Waals surface area contributed by atoms with E-state index in [9.17, 15) is 9.59 Å². The summed E-state index contributed by atoms with van der Waals surface area (Å²) in [6.45, 7) is 0. The molecule has 0 spiro atoms. The van der Waals surface area contributed by atoms with Crippen molar-refractivity contribution in [3.05, 3.63) is 16.9 Å². The second kappa shape index (κ2) is 5.50. The van der Waals surface area contributed by atoms with Gasteiger partial charge in [0.05, 0.1) is 38.3 Å². The maximum atomic E-state index is 12.2. The summed E-state index contributed by atoms with van der Waals surface area (Å²) in [6, 6.07) is 0. The molecule has 4 rings (SSSR count). The van der Waals surface area contributed by atoms with Gasteiger partial charge in [-0.05, 0) is 36.8 Å². The summed E-state index contributed by atoms with van der Waals surface area (Å²) < 4.78 is 15.8. The van der Waals surface area contributed by atoms with E-state index < -0.39 is 11.8 Å². The fraction of sp³-hybridized carbons (Fsp3) is 0.722. The molecule has 6 atom stereocenters.